The van der Waals surface area contributed by atoms with E-state index in [4.69, 9.17) is 5.73 Å². The summed E-state index contributed by atoms with van der Waals surface area (Å²) in [7, 11) is 0. The van der Waals surface area contributed by atoms with E-state index in [1.165, 1.54) is 193 Å². The lowest BCUT2D eigenvalue weighted by molar-refractivity contribution is 0.450. The summed E-state index contributed by atoms with van der Waals surface area (Å²) in [6, 6.07) is 0.439. The summed E-state index contributed by atoms with van der Waals surface area (Å²) in [6.45, 7) is 6.87. The van der Waals surface area contributed by atoms with Gasteiger partial charge in [0.1, 0.15) is 0 Å². The molecule has 1 nitrogen and oxygen atoms in total. The zero-order valence-corrected chi connectivity index (χ0v) is 25.9. The minimum absolute atomic E-state index is 0.439. The van der Waals surface area contributed by atoms with Gasteiger partial charge in [-0.3, -0.25) is 0 Å². The molecule has 0 saturated heterocycles. The predicted molar refractivity (Wildman–Crippen MR) is 167 cm³/mol. The molecular weight excluding hydrogens is 434 g/mol. The Bertz CT molecular complexity index is 377. The fraction of sp³-hybridized carbons (Fsp3) is 1.00. The SMILES string of the molecule is CCCCCCCCCCCCCCCCCCCCCCCCCCCCCCC(N)CC(C)C. The molecule has 0 aromatic heterocycles. The van der Waals surface area contributed by atoms with Crippen LogP contribution in [0, 0.1) is 5.92 Å². The first kappa shape index (κ1) is 36.0. The van der Waals surface area contributed by atoms with Crippen molar-refractivity contribution in [2.45, 2.75) is 219 Å². The van der Waals surface area contributed by atoms with E-state index in [-0.39, 0.29) is 0 Å². The van der Waals surface area contributed by atoms with Crippen molar-refractivity contribution in [3.63, 3.8) is 0 Å². The summed E-state index contributed by atoms with van der Waals surface area (Å²) in [5, 5.41) is 0. The lowest BCUT2D eigenvalue weighted by Gasteiger charge is -2.13. The van der Waals surface area contributed by atoms with Crippen LogP contribution >= 0.6 is 0 Å². The van der Waals surface area contributed by atoms with Crippen LogP contribution in [0.2, 0.25) is 0 Å². The van der Waals surface area contributed by atoms with E-state index in [9.17, 15) is 0 Å². The van der Waals surface area contributed by atoms with Gasteiger partial charge < -0.3 is 5.73 Å². The number of rotatable bonds is 31. The Morgan fingerprint density at radius 2 is 0.583 bits per heavy atom. The Kier molecular flexibility index (Phi) is 31.1. The average molecular weight is 508 g/mol. The first-order valence-corrected chi connectivity index (χ1v) is 17.4. The lowest BCUT2D eigenvalue weighted by Crippen LogP contribution is -2.21. The van der Waals surface area contributed by atoms with Gasteiger partial charge in [-0.15, -0.1) is 0 Å². The molecule has 1 heteroatoms. The molecule has 0 aliphatic rings. The van der Waals surface area contributed by atoms with E-state index in [1.54, 1.807) is 0 Å². The Hall–Kier alpha value is -0.0400. The van der Waals surface area contributed by atoms with Crippen LogP contribution in [0.25, 0.3) is 0 Å². The molecule has 0 fully saturated rings. The quantitative estimate of drug-likeness (QED) is 0.0927. The molecule has 1 unspecified atom stereocenters. The van der Waals surface area contributed by atoms with Gasteiger partial charge in [0.15, 0.2) is 0 Å². The Balaban J connectivity index is 3.05. The number of hydrogen-bond acceptors (Lipinski definition) is 1. The van der Waals surface area contributed by atoms with Gasteiger partial charge >= 0.3 is 0 Å². The van der Waals surface area contributed by atoms with E-state index in [0.29, 0.717) is 6.04 Å². The first-order chi connectivity index (χ1) is 17.7. The molecule has 1 atom stereocenters. The van der Waals surface area contributed by atoms with Gasteiger partial charge in [0.25, 0.3) is 0 Å². The Morgan fingerprint density at radius 1 is 0.361 bits per heavy atom. The second-order valence-electron chi connectivity index (χ2n) is 12.7. The van der Waals surface area contributed by atoms with Gasteiger partial charge in [0.05, 0.1) is 0 Å². The fourth-order valence-electron chi connectivity index (χ4n) is 5.80. The minimum atomic E-state index is 0.439. The highest BCUT2D eigenvalue weighted by Gasteiger charge is 2.04. The monoisotopic (exact) mass is 508 g/mol. The van der Waals surface area contributed by atoms with Crippen molar-refractivity contribution in [2.75, 3.05) is 0 Å². The highest BCUT2D eigenvalue weighted by Crippen LogP contribution is 2.17. The largest absolute Gasteiger partial charge is 0.328 e. The van der Waals surface area contributed by atoms with Gasteiger partial charge in [-0.05, 0) is 18.8 Å². The van der Waals surface area contributed by atoms with Crippen LogP contribution < -0.4 is 5.73 Å². The third kappa shape index (κ3) is 32.0. The van der Waals surface area contributed by atoms with E-state index in [2.05, 4.69) is 20.8 Å². The molecule has 0 aromatic rings. The van der Waals surface area contributed by atoms with Gasteiger partial charge in [-0.1, -0.05) is 201 Å². The van der Waals surface area contributed by atoms with Crippen molar-refractivity contribution < 1.29 is 0 Å². The smallest absolute Gasteiger partial charge is 0.00412 e. The second kappa shape index (κ2) is 31.2. The minimum Gasteiger partial charge on any atom is -0.328 e. The van der Waals surface area contributed by atoms with E-state index in [1.807, 2.05) is 0 Å². The van der Waals surface area contributed by atoms with E-state index >= 15 is 0 Å². The lowest BCUT2D eigenvalue weighted by atomic mass is 9.98. The van der Waals surface area contributed by atoms with Gasteiger partial charge in [0, 0.05) is 6.04 Å². The van der Waals surface area contributed by atoms with E-state index < -0.39 is 0 Å². The normalized spacial score (nSPS) is 12.6. The Labute approximate surface area is 230 Å². The van der Waals surface area contributed by atoms with Crippen LogP contribution in [0.5, 0.6) is 0 Å². The molecule has 0 bridgehead atoms. The summed E-state index contributed by atoms with van der Waals surface area (Å²) in [5.41, 5.74) is 6.18. The molecule has 0 saturated carbocycles. The van der Waals surface area contributed by atoms with Crippen molar-refractivity contribution in [1.29, 1.82) is 0 Å². The predicted octanol–water partition coefficient (Wildman–Crippen LogP) is 12.7. The first-order valence-electron chi connectivity index (χ1n) is 17.4. The number of unbranched alkanes of at least 4 members (excludes halogenated alkanes) is 27. The number of hydrogen-bond donors (Lipinski definition) is 1. The topological polar surface area (TPSA) is 26.0 Å². The molecular formula is C35H73N. The van der Waals surface area contributed by atoms with Crippen molar-refractivity contribution in [2.24, 2.45) is 11.7 Å². The van der Waals surface area contributed by atoms with Crippen LogP contribution in [0.4, 0.5) is 0 Å². The van der Waals surface area contributed by atoms with E-state index in [0.717, 1.165) is 5.92 Å². The average Bonchev–Trinajstić information content (AvgIpc) is 2.85. The third-order valence-electron chi connectivity index (χ3n) is 8.20. The van der Waals surface area contributed by atoms with Crippen LogP contribution in [0.3, 0.4) is 0 Å². The maximum Gasteiger partial charge on any atom is 0.00412 e. The van der Waals surface area contributed by atoms with Crippen molar-refractivity contribution in [3.8, 4) is 0 Å². The summed E-state index contributed by atoms with van der Waals surface area (Å²) in [4.78, 5) is 0. The molecule has 0 aliphatic heterocycles. The second-order valence-corrected chi connectivity index (χ2v) is 12.7. The summed E-state index contributed by atoms with van der Waals surface area (Å²) < 4.78 is 0. The van der Waals surface area contributed by atoms with Crippen molar-refractivity contribution in [1.82, 2.24) is 0 Å². The molecule has 0 aliphatic carbocycles. The van der Waals surface area contributed by atoms with Crippen LogP contribution in [0.1, 0.15) is 213 Å². The fourth-order valence-corrected chi connectivity index (χ4v) is 5.80. The summed E-state index contributed by atoms with van der Waals surface area (Å²) in [6.07, 6.45) is 43.4. The molecule has 0 spiro atoms. The zero-order chi connectivity index (χ0) is 26.4. The maximum atomic E-state index is 6.18. The van der Waals surface area contributed by atoms with Gasteiger partial charge in [-0.2, -0.15) is 0 Å². The molecule has 0 aromatic carbocycles. The van der Waals surface area contributed by atoms with Crippen molar-refractivity contribution >= 4 is 0 Å². The Morgan fingerprint density at radius 3 is 0.806 bits per heavy atom. The van der Waals surface area contributed by atoms with Gasteiger partial charge in [0.2, 0.25) is 0 Å². The van der Waals surface area contributed by atoms with Crippen molar-refractivity contribution in [3.05, 3.63) is 0 Å². The van der Waals surface area contributed by atoms with Crippen LogP contribution in [-0.4, -0.2) is 6.04 Å². The summed E-state index contributed by atoms with van der Waals surface area (Å²) >= 11 is 0. The summed E-state index contributed by atoms with van der Waals surface area (Å²) in [5.74, 6) is 0.749. The molecule has 0 amide bonds. The van der Waals surface area contributed by atoms with Gasteiger partial charge in [-0.25, -0.2) is 0 Å². The third-order valence-corrected chi connectivity index (χ3v) is 8.20. The highest BCUT2D eigenvalue weighted by molar-refractivity contribution is 4.63. The number of nitrogens with two attached hydrogens (primary N) is 1. The molecule has 2 N–H and O–H groups in total. The maximum absolute atomic E-state index is 6.18. The molecule has 0 heterocycles. The molecule has 0 rings (SSSR count). The van der Waals surface area contributed by atoms with Crippen LogP contribution in [0.15, 0.2) is 0 Å². The molecule has 218 valence electrons. The standard InChI is InChI=1S/C35H73N/c1-4-5-6-7-8-9-10-11-12-13-14-15-16-17-18-19-20-21-22-23-24-25-26-27-28-29-30-31-32-35(36)33-34(2)3/h34-35H,4-33,36H2,1-3H3. The molecule has 0 radical (unpaired) electrons. The molecule has 36 heavy (non-hydrogen) atoms. The van der Waals surface area contributed by atoms with Crippen LogP contribution in [-0.2, 0) is 0 Å². The highest BCUT2D eigenvalue weighted by atomic mass is 14.6. The zero-order valence-electron chi connectivity index (χ0n) is 25.9.